The summed E-state index contributed by atoms with van der Waals surface area (Å²) in [5, 5.41) is 11.3. The van der Waals surface area contributed by atoms with E-state index in [1.807, 2.05) is 0 Å². The first-order valence-corrected chi connectivity index (χ1v) is 3.84. The Morgan fingerprint density at radius 3 is 2.80 bits per heavy atom. The van der Waals surface area contributed by atoms with E-state index in [0.29, 0.717) is 10.7 Å². The average molecular weight is 222 g/mol. The molecule has 0 fully saturated rings. The molecule has 0 saturated heterocycles. The lowest BCUT2D eigenvalue weighted by atomic mass is 10.4. The van der Waals surface area contributed by atoms with Gasteiger partial charge in [0, 0.05) is 17.5 Å². The molecule has 0 N–H and O–H groups in total. The van der Waals surface area contributed by atoms with E-state index in [0.717, 1.165) is 9.20 Å². The fourth-order valence-corrected chi connectivity index (χ4v) is 1.14. The van der Waals surface area contributed by atoms with Crippen molar-refractivity contribution < 1.29 is 4.73 Å². The molecule has 0 amide bonds. The highest BCUT2D eigenvalue weighted by Crippen LogP contribution is 2.22. The Labute approximate surface area is 72.1 Å². The molecule has 0 aliphatic rings. The van der Waals surface area contributed by atoms with Gasteiger partial charge >= 0.3 is 0 Å². The molecule has 10 heavy (non-hydrogen) atoms. The van der Waals surface area contributed by atoms with Crippen LogP contribution in [0.15, 0.2) is 16.7 Å². The van der Waals surface area contributed by atoms with Crippen LogP contribution in [0.5, 0.6) is 0 Å². The molecule has 0 unspecified atom stereocenters. The highest BCUT2D eigenvalue weighted by Gasteiger charge is 2.07. The van der Waals surface area contributed by atoms with Crippen molar-refractivity contribution in [3.05, 3.63) is 32.7 Å². The van der Waals surface area contributed by atoms with E-state index in [1.54, 1.807) is 13.0 Å². The summed E-state index contributed by atoms with van der Waals surface area (Å²) in [6.07, 6.45) is 1.41. The van der Waals surface area contributed by atoms with E-state index in [-0.39, 0.29) is 0 Å². The SMILES string of the molecule is Cc1c(Cl)c(Br)cc[n+]1[O-]. The van der Waals surface area contributed by atoms with Crippen LogP contribution in [0.2, 0.25) is 5.02 Å². The molecule has 0 bridgehead atoms. The van der Waals surface area contributed by atoms with Crippen molar-refractivity contribution in [2.45, 2.75) is 6.92 Å². The minimum Gasteiger partial charge on any atom is -0.618 e. The summed E-state index contributed by atoms with van der Waals surface area (Å²) < 4.78 is 1.48. The molecule has 0 radical (unpaired) electrons. The van der Waals surface area contributed by atoms with E-state index in [2.05, 4.69) is 15.9 Å². The minimum atomic E-state index is 0.470. The maximum atomic E-state index is 10.8. The Morgan fingerprint density at radius 1 is 1.70 bits per heavy atom. The largest absolute Gasteiger partial charge is 0.618 e. The molecule has 1 aromatic heterocycles. The van der Waals surface area contributed by atoms with Gasteiger partial charge in [0.25, 0.3) is 0 Å². The van der Waals surface area contributed by atoms with E-state index in [1.165, 1.54) is 6.20 Å². The van der Waals surface area contributed by atoms with Gasteiger partial charge in [-0.1, -0.05) is 11.6 Å². The summed E-state index contributed by atoms with van der Waals surface area (Å²) in [6.45, 7) is 1.67. The van der Waals surface area contributed by atoms with Gasteiger partial charge in [-0.25, -0.2) is 0 Å². The maximum Gasteiger partial charge on any atom is 0.209 e. The fourth-order valence-electron chi connectivity index (χ4n) is 0.588. The smallest absolute Gasteiger partial charge is 0.209 e. The third-order valence-corrected chi connectivity index (χ3v) is 2.58. The van der Waals surface area contributed by atoms with Crippen LogP contribution in [0.3, 0.4) is 0 Å². The number of hydrogen-bond acceptors (Lipinski definition) is 1. The van der Waals surface area contributed by atoms with Gasteiger partial charge in [0.15, 0.2) is 6.20 Å². The molecule has 0 atom stereocenters. The van der Waals surface area contributed by atoms with Crippen molar-refractivity contribution in [3.63, 3.8) is 0 Å². The third kappa shape index (κ3) is 1.25. The highest BCUT2D eigenvalue weighted by molar-refractivity contribution is 9.10. The molecule has 0 aliphatic carbocycles. The van der Waals surface area contributed by atoms with Crippen LogP contribution < -0.4 is 4.73 Å². The van der Waals surface area contributed by atoms with E-state index < -0.39 is 0 Å². The third-order valence-electron chi connectivity index (χ3n) is 1.21. The first-order valence-electron chi connectivity index (χ1n) is 2.66. The predicted molar refractivity (Wildman–Crippen MR) is 42.8 cm³/mol. The summed E-state index contributed by atoms with van der Waals surface area (Å²) in [7, 11) is 0. The Bertz CT molecular complexity index is 237. The van der Waals surface area contributed by atoms with Crippen LogP contribution in [-0.4, -0.2) is 0 Å². The summed E-state index contributed by atoms with van der Waals surface area (Å²) in [5.41, 5.74) is 0.510. The number of rotatable bonds is 0. The zero-order valence-electron chi connectivity index (χ0n) is 5.27. The lowest BCUT2D eigenvalue weighted by Gasteiger charge is -2.01. The van der Waals surface area contributed by atoms with E-state index in [4.69, 9.17) is 11.6 Å². The maximum absolute atomic E-state index is 10.8. The number of pyridine rings is 1. The Morgan fingerprint density at radius 2 is 2.30 bits per heavy atom. The molecule has 1 heterocycles. The van der Waals surface area contributed by atoms with Crippen molar-refractivity contribution >= 4 is 27.5 Å². The van der Waals surface area contributed by atoms with Crippen LogP contribution in [0.1, 0.15) is 5.69 Å². The number of halogens is 2. The number of aromatic nitrogens is 1. The monoisotopic (exact) mass is 221 g/mol. The van der Waals surface area contributed by atoms with Crippen LogP contribution in [0.4, 0.5) is 0 Å². The van der Waals surface area contributed by atoms with Crippen molar-refractivity contribution in [1.29, 1.82) is 0 Å². The molecule has 4 heteroatoms. The van der Waals surface area contributed by atoms with Gasteiger partial charge in [0.1, 0.15) is 5.02 Å². The van der Waals surface area contributed by atoms with Crippen LogP contribution in [0.25, 0.3) is 0 Å². The first kappa shape index (κ1) is 7.82. The number of nitrogens with zero attached hydrogens (tertiary/aromatic N) is 1. The second-order valence-corrected chi connectivity index (χ2v) is 3.12. The highest BCUT2D eigenvalue weighted by atomic mass is 79.9. The lowest BCUT2D eigenvalue weighted by molar-refractivity contribution is -0.612. The van der Waals surface area contributed by atoms with Gasteiger partial charge in [-0.3, -0.25) is 0 Å². The van der Waals surface area contributed by atoms with Crippen LogP contribution >= 0.6 is 27.5 Å². The van der Waals surface area contributed by atoms with Gasteiger partial charge in [0.2, 0.25) is 5.69 Å². The van der Waals surface area contributed by atoms with Crippen molar-refractivity contribution in [1.82, 2.24) is 0 Å². The molecule has 0 aromatic carbocycles. The van der Waals surface area contributed by atoms with Gasteiger partial charge in [0.05, 0.1) is 0 Å². The fraction of sp³-hybridized carbons (Fsp3) is 0.167. The van der Waals surface area contributed by atoms with Gasteiger partial charge in [-0.05, 0) is 15.9 Å². The van der Waals surface area contributed by atoms with E-state index >= 15 is 0 Å². The van der Waals surface area contributed by atoms with Crippen LogP contribution in [-0.2, 0) is 0 Å². The predicted octanol–water partition coefficient (Wildman–Crippen LogP) is 2.04. The quantitative estimate of drug-likeness (QED) is 0.487. The van der Waals surface area contributed by atoms with Gasteiger partial charge in [-0.15, -0.1) is 0 Å². The standard InChI is InChI=1S/C6H5BrClNO/c1-4-6(8)5(7)2-3-9(4)10/h2-3H,1H3. The molecule has 54 valence electrons. The van der Waals surface area contributed by atoms with Crippen molar-refractivity contribution in [2.24, 2.45) is 0 Å². The molecule has 1 aromatic rings. The van der Waals surface area contributed by atoms with E-state index in [9.17, 15) is 5.21 Å². The molecular weight excluding hydrogens is 217 g/mol. The lowest BCUT2D eigenvalue weighted by Crippen LogP contribution is -2.29. The van der Waals surface area contributed by atoms with Crippen molar-refractivity contribution in [3.8, 4) is 0 Å². The van der Waals surface area contributed by atoms with Crippen molar-refractivity contribution in [2.75, 3.05) is 0 Å². The summed E-state index contributed by atoms with van der Waals surface area (Å²) in [5.74, 6) is 0. The summed E-state index contributed by atoms with van der Waals surface area (Å²) in [4.78, 5) is 0. The molecule has 1 rings (SSSR count). The van der Waals surface area contributed by atoms with Gasteiger partial charge in [-0.2, -0.15) is 4.73 Å². The normalized spacial score (nSPS) is 9.90. The average Bonchev–Trinajstić information content (AvgIpc) is 1.93. The zero-order valence-corrected chi connectivity index (χ0v) is 7.61. The Kier molecular flexibility index (Phi) is 2.16. The molecule has 0 aliphatic heterocycles. The second kappa shape index (κ2) is 2.76. The van der Waals surface area contributed by atoms with Crippen LogP contribution in [0, 0.1) is 12.1 Å². The van der Waals surface area contributed by atoms with Gasteiger partial charge < -0.3 is 5.21 Å². The first-order chi connectivity index (χ1) is 4.63. The summed E-state index contributed by atoms with van der Waals surface area (Å²) in [6, 6.07) is 1.61. The summed E-state index contributed by atoms with van der Waals surface area (Å²) >= 11 is 8.91. The molecule has 0 saturated carbocycles. The Hall–Kier alpha value is -0.280. The molecule has 2 nitrogen and oxygen atoms in total. The second-order valence-electron chi connectivity index (χ2n) is 1.89. The molecule has 0 spiro atoms. The zero-order chi connectivity index (χ0) is 7.72. The minimum absolute atomic E-state index is 0.470. The number of hydrogen-bond donors (Lipinski definition) is 0. The topological polar surface area (TPSA) is 26.9 Å². The molecular formula is C6H5BrClNO. The Balaban J connectivity index is 3.34.